The minimum atomic E-state index is -3.89. The number of hydrogen-bond donors (Lipinski definition) is 3. The molecule has 1 heterocycles. The first-order valence-corrected chi connectivity index (χ1v) is 12.3. The zero-order valence-electron chi connectivity index (χ0n) is 19.4. The molecular weight excluding hydrogens is 482 g/mol. The molecule has 3 aromatic carbocycles. The number of nitrogens with one attached hydrogen (secondary N) is 3. The topological polar surface area (TPSA) is 127 Å². The van der Waals surface area contributed by atoms with Crippen LogP contribution in [0.2, 0.25) is 0 Å². The third-order valence-electron chi connectivity index (χ3n) is 5.42. The summed E-state index contributed by atoms with van der Waals surface area (Å²) in [7, 11) is -1.32. The molecule has 0 aliphatic carbocycles. The highest BCUT2D eigenvalue weighted by molar-refractivity contribution is 7.89. The van der Waals surface area contributed by atoms with E-state index in [1.54, 1.807) is 0 Å². The number of carbonyl (C=O) groups is 2. The third kappa shape index (κ3) is 4.99. The Morgan fingerprint density at radius 1 is 0.833 bits per heavy atom. The van der Waals surface area contributed by atoms with Crippen molar-refractivity contribution >= 4 is 21.8 Å². The molecule has 4 aromatic rings. The maximum absolute atomic E-state index is 13.0. The van der Waals surface area contributed by atoms with Gasteiger partial charge in [0.15, 0.2) is 0 Å². The van der Waals surface area contributed by atoms with Gasteiger partial charge in [-0.15, -0.1) is 0 Å². The van der Waals surface area contributed by atoms with E-state index in [1.807, 2.05) is 60.7 Å². The summed E-state index contributed by atoms with van der Waals surface area (Å²) in [5.41, 5.74) is 7.56. The van der Waals surface area contributed by atoms with Gasteiger partial charge in [-0.2, -0.15) is 0 Å². The van der Waals surface area contributed by atoms with Gasteiger partial charge in [0.05, 0.1) is 13.4 Å². The van der Waals surface area contributed by atoms with Crippen molar-refractivity contribution in [3.63, 3.8) is 0 Å². The molecule has 0 atom stereocenters. The van der Waals surface area contributed by atoms with Crippen LogP contribution >= 0.6 is 0 Å². The fraction of sp³-hybridized carbons (Fsp3) is 0.0769. The Morgan fingerprint density at radius 2 is 1.44 bits per heavy atom. The lowest BCUT2D eigenvalue weighted by atomic mass is 9.96. The molecule has 0 spiro atoms. The number of hydrogen-bond acceptors (Lipinski definition) is 6. The van der Waals surface area contributed by atoms with E-state index in [0.29, 0.717) is 5.56 Å². The summed E-state index contributed by atoms with van der Waals surface area (Å²) in [6.07, 6.45) is 1.49. The van der Waals surface area contributed by atoms with Gasteiger partial charge in [-0.05, 0) is 36.4 Å². The largest absolute Gasteiger partial charge is 0.495 e. The van der Waals surface area contributed by atoms with E-state index >= 15 is 0 Å². The van der Waals surface area contributed by atoms with Gasteiger partial charge in [0, 0.05) is 16.7 Å². The van der Waals surface area contributed by atoms with Crippen molar-refractivity contribution in [3.8, 4) is 28.0 Å². The average molecular weight is 506 g/mol. The van der Waals surface area contributed by atoms with Crippen molar-refractivity contribution in [2.45, 2.75) is 4.90 Å². The third-order valence-corrected chi connectivity index (χ3v) is 6.85. The lowest BCUT2D eigenvalue weighted by Crippen LogP contribution is -2.41. The normalized spacial score (nSPS) is 11.1. The Morgan fingerprint density at radius 3 is 2.06 bits per heavy atom. The first-order valence-electron chi connectivity index (χ1n) is 10.8. The fourth-order valence-electron chi connectivity index (χ4n) is 3.63. The molecule has 0 bridgehead atoms. The molecular formula is C26H23N3O6S. The van der Waals surface area contributed by atoms with Crippen molar-refractivity contribution in [1.29, 1.82) is 0 Å². The highest BCUT2D eigenvalue weighted by Crippen LogP contribution is 2.36. The van der Waals surface area contributed by atoms with Crippen LogP contribution in [0.15, 0.2) is 94.4 Å². The minimum Gasteiger partial charge on any atom is -0.495 e. The minimum absolute atomic E-state index is 0.00220. The van der Waals surface area contributed by atoms with E-state index in [2.05, 4.69) is 15.6 Å². The maximum atomic E-state index is 13.0. The van der Waals surface area contributed by atoms with Gasteiger partial charge in [-0.1, -0.05) is 60.7 Å². The predicted octanol–water partition coefficient (Wildman–Crippen LogP) is 3.61. The van der Waals surface area contributed by atoms with Crippen molar-refractivity contribution in [1.82, 2.24) is 15.6 Å². The predicted molar refractivity (Wildman–Crippen MR) is 134 cm³/mol. The molecule has 9 nitrogen and oxygen atoms in total. The second kappa shape index (κ2) is 10.5. The maximum Gasteiger partial charge on any atom is 0.306 e. The van der Waals surface area contributed by atoms with Crippen molar-refractivity contribution in [2.75, 3.05) is 14.2 Å². The van der Waals surface area contributed by atoms with Gasteiger partial charge in [-0.3, -0.25) is 20.4 Å². The Kier molecular flexibility index (Phi) is 7.18. The van der Waals surface area contributed by atoms with Crippen LogP contribution < -0.4 is 20.3 Å². The summed E-state index contributed by atoms with van der Waals surface area (Å²) in [6, 6.07) is 22.6. The standard InChI is InChI=1S/C26H23N3O6S/c1-27-36(32,33)22-15-19(13-14-21(22)34-2)25(30)28-29-26(31)24-23(18-11-7-4-8-12-18)20(16-35-24)17-9-5-3-6-10-17/h3-16,27H,1-2H3,(H,28,30)(H,29,31). The van der Waals surface area contributed by atoms with Crippen molar-refractivity contribution in [2.24, 2.45) is 0 Å². The molecule has 0 unspecified atom stereocenters. The van der Waals surface area contributed by atoms with Crippen LogP contribution in [0.5, 0.6) is 5.75 Å². The van der Waals surface area contributed by atoms with E-state index in [1.165, 1.54) is 32.6 Å². The van der Waals surface area contributed by atoms with Gasteiger partial charge >= 0.3 is 5.91 Å². The summed E-state index contributed by atoms with van der Waals surface area (Å²) in [4.78, 5) is 25.6. The summed E-state index contributed by atoms with van der Waals surface area (Å²) >= 11 is 0. The molecule has 10 heteroatoms. The Labute approximate surface area is 208 Å². The van der Waals surface area contributed by atoms with Crippen LogP contribution in [-0.4, -0.2) is 34.4 Å². The Bertz CT molecular complexity index is 1500. The highest BCUT2D eigenvalue weighted by atomic mass is 32.2. The number of amides is 2. The highest BCUT2D eigenvalue weighted by Gasteiger charge is 2.24. The summed E-state index contributed by atoms with van der Waals surface area (Å²) in [6.45, 7) is 0. The molecule has 0 radical (unpaired) electrons. The molecule has 184 valence electrons. The number of benzene rings is 3. The molecule has 0 fully saturated rings. The van der Waals surface area contributed by atoms with E-state index in [-0.39, 0.29) is 22.0 Å². The monoisotopic (exact) mass is 505 g/mol. The van der Waals surface area contributed by atoms with Crippen molar-refractivity contribution < 1.29 is 27.2 Å². The Balaban J connectivity index is 1.61. The van der Waals surface area contributed by atoms with Gasteiger partial charge in [-0.25, -0.2) is 13.1 Å². The van der Waals surface area contributed by atoms with Crippen LogP contribution in [0.4, 0.5) is 0 Å². The SMILES string of the molecule is CNS(=O)(=O)c1cc(C(=O)NNC(=O)c2occ(-c3ccccc3)c2-c2ccccc2)ccc1OC. The number of carbonyl (C=O) groups excluding carboxylic acids is 2. The second-order valence-electron chi connectivity index (χ2n) is 7.57. The van der Waals surface area contributed by atoms with Crippen LogP contribution in [0.1, 0.15) is 20.9 Å². The molecule has 0 aliphatic heterocycles. The number of methoxy groups -OCH3 is 1. The molecule has 2 amide bonds. The summed E-state index contributed by atoms with van der Waals surface area (Å²) in [5.74, 6) is -1.33. The molecule has 0 saturated carbocycles. The van der Waals surface area contributed by atoms with Crippen LogP contribution in [0, 0.1) is 0 Å². The van der Waals surface area contributed by atoms with Crippen LogP contribution in [0.3, 0.4) is 0 Å². The van der Waals surface area contributed by atoms with Gasteiger partial charge in [0.2, 0.25) is 15.8 Å². The number of furan rings is 1. The number of hydrazine groups is 1. The first kappa shape index (κ1) is 24.7. The second-order valence-corrected chi connectivity index (χ2v) is 9.42. The van der Waals surface area contributed by atoms with Gasteiger partial charge in [0.25, 0.3) is 5.91 Å². The quantitative estimate of drug-likeness (QED) is 0.330. The number of sulfonamides is 1. The van der Waals surface area contributed by atoms with E-state index in [9.17, 15) is 18.0 Å². The molecule has 36 heavy (non-hydrogen) atoms. The number of rotatable bonds is 7. The molecule has 0 saturated heterocycles. The molecule has 3 N–H and O–H groups in total. The fourth-order valence-corrected chi connectivity index (χ4v) is 4.55. The number of ether oxygens (including phenoxy) is 1. The summed E-state index contributed by atoms with van der Waals surface area (Å²) < 4.78 is 37.5. The van der Waals surface area contributed by atoms with E-state index < -0.39 is 21.8 Å². The molecule has 1 aromatic heterocycles. The zero-order valence-corrected chi connectivity index (χ0v) is 20.3. The smallest absolute Gasteiger partial charge is 0.306 e. The van der Waals surface area contributed by atoms with E-state index in [4.69, 9.17) is 9.15 Å². The van der Waals surface area contributed by atoms with Crippen molar-refractivity contribution in [3.05, 3.63) is 96.4 Å². The van der Waals surface area contributed by atoms with Crippen LogP contribution in [-0.2, 0) is 10.0 Å². The Hall–Kier alpha value is -4.41. The molecule has 4 rings (SSSR count). The lowest BCUT2D eigenvalue weighted by molar-refractivity contribution is 0.0831. The van der Waals surface area contributed by atoms with Gasteiger partial charge < -0.3 is 9.15 Å². The first-order chi connectivity index (χ1) is 17.4. The van der Waals surface area contributed by atoms with Crippen LogP contribution in [0.25, 0.3) is 22.3 Å². The lowest BCUT2D eigenvalue weighted by Gasteiger charge is -2.12. The zero-order chi connectivity index (χ0) is 25.7. The van der Waals surface area contributed by atoms with Gasteiger partial charge in [0.1, 0.15) is 10.6 Å². The van der Waals surface area contributed by atoms with E-state index in [0.717, 1.165) is 22.8 Å². The summed E-state index contributed by atoms with van der Waals surface area (Å²) in [5, 5.41) is 0. The average Bonchev–Trinajstić information content (AvgIpc) is 3.37. The molecule has 0 aliphatic rings.